The van der Waals surface area contributed by atoms with Crippen LogP contribution < -0.4 is 5.32 Å². The van der Waals surface area contributed by atoms with E-state index >= 15 is 0 Å². The number of nitrogens with one attached hydrogen (secondary N) is 1. The zero-order chi connectivity index (χ0) is 14.9. The molecule has 7 heteroatoms. The van der Waals surface area contributed by atoms with Crippen LogP contribution in [-0.2, 0) is 20.0 Å². The van der Waals surface area contributed by atoms with E-state index in [1.54, 1.807) is 18.4 Å². The first-order valence-electron chi connectivity index (χ1n) is 6.36. The molecule has 5 nitrogen and oxygen atoms in total. The molecule has 1 amide bonds. The maximum absolute atomic E-state index is 12.3. The smallest absolute Gasteiger partial charge is 0.256 e. The average molecular weight is 313 g/mol. The summed E-state index contributed by atoms with van der Waals surface area (Å²) in [6.07, 6.45) is 0.669. The molecule has 1 N–H and O–H groups in total. The minimum absolute atomic E-state index is 0.189. The van der Waals surface area contributed by atoms with Crippen molar-refractivity contribution in [2.24, 2.45) is 7.05 Å². The van der Waals surface area contributed by atoms with Gasteiger partial charge in [-0.15, -0.1) is 11.3 Å². The summed E-state index contributed by atoms with van der Waals surface area (Å²) in [4.78, 5) is 17.7. The lowest BCUT2D eigenvalue weighted by Gasteiger charge is -2.04. The Labute approximate surface area is 127 Å². The molecule has 0 aliphatic rings. The molecule has 0 aliphatic carbocycles. The van der Waals surface area contributed by atoms with Crippen LogP contribution in [0.25, 0.3) is 0 Å². The molecule has 0 saturated heterocycles. The van der Waals surface area contributed by atoms with Crippen LogP contribution in [0.3, 0.4) is 0 Å². The van der Waals surface area contributed by atoms with Gasteiger partial charge in [-0.3, -0.25) is 9.48 Å². The van der Waals surface area contributed by atoms with Crippen molar-refractivity contribution in [3.8, 4) is 0 Å². The Kier molecular flexibility index (Phi) is 4.45. The fourth-order valence-corrected chi connectivity index (χ4v) is 3.12. The minimum Gasteiger partial charge on any atom is -0.347 e. The number of halogens is 1. The normalized spacial score (nSPS) is 10.8. The lowest BCUT2D eigenvalue weighted by molar-refractivity contribution is 0.0950. The zero-order valence-corrected chi connectivity index (χ0v) is 13.5. The first kappa shape index (κ1) is 15.0. The third kappa shape index (κ3) is 2.86. The number of aromatic nitrogens is 3. The summed E-state index contributed by atoms with van der Waals surface area (Å²) in [5.74, 6) is -0.189. The largest absolute Gasteiger partial charge is 0.347 e. The second-order valence-corrected chi connectivity index (χ2v) is 6.16. The number of aryl methyl sites for hydroxylation is 4. The second-order valence-electron chi connectivity index (χ2n) is 4.51. The predicted octanol–water partition coefficient (Wildman–Crippen LogP) is 2.64. The van der Waals surface area contributed by atoms with Gasteiger partial charge in [0.25, 0.3) is 5.91 Å². The highest BCUT2D eigenvalue weighted by Gasteiger charge is 2.20. The van der Waals surface area contributed by atoms with Crippen molar-refractivity contribution in [1.29, 1.82) is 0 Å². The first-order valence-corrected chi connectivity index (χ1v) is 7.56. The van der Waals surface area contributed by atoms with Gasteiger partial charge in [0, 0.05) is 11.9 Å². The number of rotatable bonds is 4. The predicted molar refractivity (Wildman–Crippen MR) is 80.4 cm³/mol. The molecule has 0 aliphatic heterocycles. The molecule has 108 valence electrons. The van der Waals surface area contributed by atoms with Gasteiger partial charge in [0.2, 0.25) is 0 Å². The van der Waals surface area contributed by atoms with E-state index in [2.05, 4.69) is 15.4 Å². The van der Waals surface area contributed by atoms with Gasteiger partial charge in [0.15, 0.2) is 0 Å². The van der Waals surface area contributed by atoms with Gasteiger partial charge >= 0.3 is 0 Å². The number of amides is 1. The Morgan fingerprint density at radius 3 is 2.70 bits per heavy atom. The maximum atomic E-state index is 12.3. The Morgan fingerprint density at radius 2 is 2.15 bits per heavy atom. The monoisotopic (exact) mass is 312 g/mol. The highest BCUT2D eigenvalue weighted by atomic mass is 35.5. The second kappa shape index (κ2) is 5.93. The summed E-state index contributed by atoms with van der Waals surface area (Å²) in [6, 6.07) is 0. The minimum atomic E-state index is -0.189. The number of nitrogens with zero attached hydrogens (tertiary/aromatic N) is 3. The molecule has 0 saturated carbocycles. The van der Waals surface area contributed by atoms with Crippen LogP contribution in [0.5, 0.6) is 0 Å². The number of thiazole rings is 1. The van der Waals surface area contributed by atoms with Crippen LogP contribution in [0.4, 0.5) is 0 Å². The highest BCUT2D eigenvalue weighted by Crippen LogP contribution is 2.21. The van der Waals surface area contributed by atoms with E-state index in [1.165, 1.54) is 4.68 Å². The van der Waals surface area contributed by atoms with Gasteiger partial charge in [-0.1, -0.05) is 18.5 Å². The van der Waals surface area contributed by atoms with E-state index in [0.717, 1.165) is 15.6 Å². The zero-order valence-electron chi connectivity index (χ0n) is 12.0. The summed E-state index contributed by atoms with van der Waals surface area (Å²) in [6.45, 7) is 6.31. The van der Waals surface area contributed by atoms with Crippen molar-refractivity contribution < 1.29 is 4.79 Å². The molecule has 0 radical (unpaired) electrons. The number of carbonyl (C=O) groups excluding carboxylic acids is 1. The lowest BCUT2D eigenvalue weighted by atomic mass is 10.2. The van der Waals surface area contributed by atoms with Crippen molar-refractivity contribution >= 4 is 28.8 Å². The third-order valence-electron chi connectivity index (χ3n) is 3.02. The van der Waals surface area contributed by atoms with Gasteiger partial charge < -0.3 is 5.32 Å². The van der Waals surface area contributed by atoms with Crippen LogP contribution in [0, 0.1) is 13.8 Å². The molecule has 0 spiro atoms. The molecular weight excluding hydrogens is 296 g/mol. The van der Waals surface area contributed by atoms with Crippen molar-refractivity contribution in [3.05, 3.63) is 32.0 Å². The number of hydrogen-bond donors (Lipinski definition) is 1. The van der Waals surface area contributed by atoms with E-state index in [0.29, 0.717) is 29.4 Å². The quantitative estimate of drug-likeness (QED) is 0.944. The summed E-state index contributed by atoms with van der Waals surface area (Å²) in [7, 11) is 1.73. The van der Waals surface area contributed by atoms with Crippen molar-refractivity contribution in [3.63, 3.8) is 0 Å². The van der Waals surface area contributed by atoms with E-state index in [9.17, 15) is 4.79 Å². The number of carbonyl (C=O) groups is 1. The van der Waals surface area contributed by atoms with Gasteiger partial charge in [0.1, 0.15) is 5.15 Å². The Hall–Kier alpha value is -1.40. The first-order chi connectivity index (χ1) is 9.43. The Balaban J connectivity index is 2.15. The molecule has 2 rings (SSSR count). The molecule has 2 aromatic heterocycles. The van der Waals surface area contributed by atoms with Crippen LogP contribution >= 0.6 is 22.9 Å². The van der Waals surface area contributed by atoms with Crippen molar-refractivity contribution in [1.82, 2.24) is 20.1 Å². The Bertz CT molecular complexity index is 647. The summed E-state index contributed by atoms with van der Waals surface area (Å²) >= 11 is 7.73. The van der Waals surface area contributed by atoms with Crippen molar-refractivity contribution in [2.45, 2.75) is 33.7 Å². The molecule has 0 bridgehead atoms. The van der Waals surface area contributed by atoms with Gasteiger partial charge in [-0.25, -0.2) is 4.98 Å². The van der Waals surface area contributed by atoms with Crippen LogP contribution in [0.2, 0.25) is 5.15 Å². The average Bonchev–Trinajstić information content (AvgIpc) is 2.87. The molecule has 0 atom stereocenters. The van der Waals surface area contributed by atoms with Gasteiger partial charge in [-0.05, 0) is 20.3 Å². The van der Waals surface area contributed by atoms with Crippen molar-refractivity contribution in [2.75, 3.05) is 0 Å². The molecule has 0 aromatic carbocycles. The molecule has 2 heterocycles. The fourth-order valence-electron chi connectivity index (χ4n) is 2.01. The van der Waals surface area contributed by atoms with Gasteiger partial charge in [0.05, 0.1) is 28.5 Å². The maximum Gasteiger partial charge on any atom is 0.256 e. The summed E-state index contributed by atoms with van der Waals surface area (Å²) in [5.41, 5.74) is 2.14. The van der Waals surface area contributed by atoms with E-state index in [1.807, 2.05) is 20.8 Å². The SMILES string of the molecule is CCc1nn(C)c(Cl)c1C(=O)NCc1sc(C)nc1C. The molecular formula is C13H17ClN4OS. The van der Waals surface area contributed by atoms with E-state index in [4.69, 9.17) is 11.6 Å². The molecule has 2 aromatic rings. The van der Waals surface area contributed by atoms with Gasteiger partial charge in [-0.2, -0.15) is 5.10 Å². The topological polar surface area (TPSA) is 59.8 Å². The van der Waals surface area contributed by atoms with Crippen LogP contribution in [0.15, 0.2) is 0 Å². The molecule has 20 heavy (non-hydrogen) atoms. The molecule has 0 unspecified atom stereocenters. The molecule has 0 fully saturated rings. The van der Waals surface area contributed by atoms with Crippen LogP contribution in [0.1, 0.15) is 38.6 Å². The number of hydrogen-bond acceptors (Lipinski definition) is 4. The fraction of sp³-hybridized carbons (Fsp3) is 0.462. The summed E-state index contributed by atoms with van der Waals surface area (Å²) in [5, 5.41) is 8.50. The Morgan fingerprint density at radius 1 is 1.45 bits per heavy atom. The lowest BCUT2D eigenvalue weighted by Crippen LogP contribution is -2.23. The summed E-state index contributed by atoms with van der Waals surface area (Å²) < 4.78 is 1.53. The van der Waals surface area contributed by atoms with Crippen LogP contribution in [-0.4, -0.2) is 20.7 Å². The standard InChI is InChI=1S/C13H17ClN4OS/c1-5-9-11(12(14)18(4)17-9)13(19)15-6-10-7(2)16-8(3)20-10/h5-6H2,1-4H3,(H,15,19). The third-order valence-corrected chi connectivity index (χ3v) is 4.53. The van der Waals surface area contributed by atoms with E-state index in [-0.39, 0.29) is 5.91 Å². The highest BCUT2D eigenvalue weighted by molar-refractivity contribution is 7.11. The van der Waals surface area contributed by atoms with E-state index < -0.39 is 0 Å².